The van der Waals surface area contributed by atoms with E-state index in [2.05, 4.69) is 0 Å². The van der Waals surface area contributed by atoms with Crippen molar-refractivity contribution in [2.45, 2.75) is 19.2 Å². The van der Waals surface area contributed by atoms with E-state index >= 15 is 0 Å². The fourth-order valence-corrected chi connectivity index (χ4v) is 4.76. The van der Waals surface area contributed by atoms with E-state index in [1.54, 1.807) is 41.5 Å². The molecule has 5 aromatic rings. The molecule has 6 nitrogen and oxygen atoms in total. The molecule has 7 heteroatoms. The number of fused-ring (bicyclic) bond motifs is 2. The van der Waals surface area contributed by atoms with Crippen LogP contribution in [0.3, 0.4) is 0 Å². The Morgan fingerprint density at radius 1 is 0.917 bits per heavy atom. The van der Waals surface area contributed by atoms with Crippen LogP contribution in [0.25, 0.3) is 11.0 Å². The molecule has 0 spiro atoms. The maximum absolute atomic E-state index is 13.7. The summed E-state index contributed by atoms with van der Waals surface area (Å²) in [6.45, 7) is 0.568. The Balaban J connectivity index is 1.45. The monoisotopic (exact) mass is 497 g/mol. The van der Waals surface area contributed by atoms with Crippen LogP contribution < -0.4 is 10.2 Å². The molecule has 0 radical (unpaired) electrons. The number of ether oxygens (including phenoxy) is 1. The number of carbonyl (C=O) groups is 1. The van der Waals surface area contributed by atoms with Gasteiger partial charge in [0.15, 0.2) is 5.43 Å². The smallest absolute Gasteiger partial charge is 0.291 e. The number of amides is 1. The van der Waals surface area contributed by atoms with Crippen molar-refractivity contribution >= 4 is 28.5 Å². The number of benzene rings is 3. The molecule has 0 aliphatic carbocycles. The zero-order valence-electron chi connectivity index (χ0n) is 19.0. The highest BCUT2D eigenvalue weighted by Crippen LogP contribution is 2.40. The van der Waals surface area contributed by atoms with Crippen molar-refractivity contribution in [3.63, 3.8) is 0 Å². The normalized spacial score (nSPS) is 14.9. The van der Waals surface area contributed by atoms with E-state index in [-0.39, 0.29) is 29.2 Å². The summed E-state index contributed by atoms with van der Waals surface area (Å²) in [5.41, 5.74) is 2.07. The number of furan rings is 1. The van der Waals surface area contributed by atoms with E-state index in [1.165, 1.54) is 0 Å². The number of rotatable bonds is 6. The van der Waals surface area contributed by atoms with Crippen molar-refractivity contribution in [3.8, 4) is 5.75 Å². The lowest BCUT2D eigenvalue weighted by Gasteiger charge is -2.24. The lowest BCUT2D eigenvalue weighted by molar-refractivity contribution is 0.0701. The van der Waals surface area contributed by atoms with Gasteiger partial charge >= 0.3 is 0 Å². The van der Waals surface area contributed by atoms with Crippen molar-refractivity contribution < 1.29 is 18.4 Å². The van der Waals surface area contributed by atoms with Crippen LogP contribution in [0.4, 0.5) is 0 Å². The largest absolute Gasteiger partial charge is 0.489 e. The Bertz CT molecular complexity index is 1630. The summed E-state index contributed by atoms with van der Waals surface area (Å²) < 4.78 is 17.5. The molecule has 2 aromatic heterocycles. The van der Waals surface area contributed by atoms with Crippen LogP contribution in [0.5, 0.6) is 5.75 Å². The lowest BCUT2D eigenvalue weighted by atomic mass is 9.98. The van der Waals surface area contributed by atoms with Crippen molar-refractivity contribution in [1.29, 1.82) is 0 Å². The summed E-state index contributed by atoms with van der Waals surface area (Å²) >= 11 is 6.17. The molecule has 36 heavy (non-hydrogen) atoms. The van der Waals surface area contributed by atoms with Crippen molar-refractivity contribution in [2.24, 2.45) is 0 Å². The Morgan fingerprint density at radius 3 is 2.58 bits per heavy atom. The van der Waals surface area contributed by atoms with Crippen molar-refractivity contribution in [3.05, 3.63) is 135 Å². The molecule has 1 aliphatic rings. The fraction of sp³-hybridized carbons (Fsp3) is 0.103. The molecule has 0 saturated heterocycles. The first-order chi connectivity index (χ1) is 17.6. The molecule has 1 aliphatic heterocycles. The van der Waals surface area contributed by atoms with Gasteiger partial charge in [-0.25, -0.2) is 0 Å². The van der Waals surface area contributed by atoms with Gasteiger partial charge in [-0.05, 0) is 53.6 Å². The second-order valence-electron chi connectivity index (χ2n) is 8.58. The standard InChI is InChI=1S/C29H20ClNO5/c30-20-11-12-24-23(15-20)27(32)25-26(31(29(33)28(25)36-24)16-22-10-5-13-34-22)19-8-4-9-21(14-19)35-17-18-6-2-1-3-7-18/h1-15,26H,16-17H2. The number of halogens is 1. The zero-order valence-corrected chi connectivity index (χ0v) is 19.8. The highest BCUT2D eigenvalue weighted by molar-refractivity contribution is 6.31. The van der Waals surface area contributed by atoms with E-state index < -0.39 is 6.04 Å². The summed E-state index contributed by atoms with van der Waals surface area (Å²) in [5.74, 6) is 0.874. The number of carbonyl (C=O) groups excluding carboxylic acids is 1. The van der Waals surface area contributed by atoms with Crippen LogP contribution in [0.15, 0.2) is 105 Å². The third-order valence-electron chi connectivity index (χ3n) is 6.26. The summed E-state index contributed by atoms with van der Waals surface area (Å²) in [7, 11) is 0. The lowest BCUT2D eigenvalue weighted by Crippen LogP contribution is -2.29. The Kier molecular flexibility index (Phi) is 5.58. The van der Waals surface area contributed by atoms with E-state index in [0.29, 0.717) is 34.1 Å². The molecule has 3 heterocycles. The van der Waals surface area contributed by atoms with Crippen LogP contribution >= 0.6 is 11.6 Å². The second-order valence-corrected chi connectivity index (χ2v) is 9.01. The minimum Gasteiger partial charge on any atom is -0.489 e. The predicted molar refractivity (Wildman–Crippen MR) is 135 cm³/mol. The van der Waals surface area contributed by atoms with Gasteiger partial charge in [0.1, 0.15) is 23.7 Å². The van der Waals surface area contributed by atoms with Crippen LogP contribution in [-0.4, -0.2) is 10.8 Å². The minimum absolute atomic E-state index is 0.0296. The third kappa shape index (κ3) is 3.95. The van der Waals surface area contributed by atoms with Crippen molar-refractivity contribution in [1.82, 2.24) is 4.90 Å². The minimum atomic E-state index is -0.683. The zero-order chi connectivity index (χ0) is 24.6. The predicted octanol–water partition coefficient (Wildman–Crippen LogP) is 6.36. The van der Waals surface area contributed by atoms with Crippen LogP contribution in [0, 0.1) is 0 Å². The summed E-state index contributed by atoms with van der Waals surface area (Å²) in [4.78, 5) is 28.8. The Labute approximate surface area is 211 Å². The third-order valence-corrected chi connectivity index (χ3v) is 6.49. The average Bonchev–Trinajstić information content (AvgIpc) is 3.51. The molecule has 0 bridgehead atoms. The van der Waals surface area contributed by atoms with E-state index in [9.17, 15) is 9.59 Å². The van der Waals surface area contributed by atoms with Crippen LogP contribution in [-0.2, 0) is 13.2 Å². The SMILES string of the molecule is O=C1c2oc3ccc(Cl)cc3c(=O)c2C(c2cccc(OCc3ccccc3)c2)N1Cc1ccco1. The molecule has 3 aromatic carbocycles. The number of hydrogen-bond donors (Lipinski definition) is 0. The van der Waals surface area contributed by atoms with Gasteiger partial charge in [0.25, 0.3) is 5.91 Å². The summed E-state index contributed by atoms with van der Waals surface area (Å²) in [5, 5.41) is 0.745. The van der Waals surface area contributed by atoms with Gasteiger partial charge in [-0.3, -0.25) is 9.59 Å². The van der Waals surface area contributed by atoms with E-state index in [0.717, 1.165) is 11.1 Å². The quantitative estimate of drug-likeness (QED) is 0.273. The first kappa shape index (κ1) is 22.2. The van der Waals surface area contributed by atoms with E-state index in [1.807, 2.05) is 54.6 Å². The fourth-order valence-electron chi connectivity index (χ4n) is 4.59. The number of nitrogens with zero attached hydrogens (tertiary/aromatic N) is 1. The molecule has 6 rings (SSSR count). The summed E-state index contributed by atoms with van der Waals surface area (Å²) in [6, 6.07) is 24.9. The first-order valence-corrected chi connectivity index (χ1v) is 11.8. The molecule has 178 valence electrons. The van der Waals surface area contributed by atoms with Gasteiger partial charge in [0.2, 0.25) is 5.76 Å². The van der Waals surface area contributed by atoms with Crippen LogP contribution in [0.2, 0.25) is 5.02 Å². The average molecular weight is 498 g/mol. The Morgan fingerprint density at radius 2 is 1.78 bits per heavy atom. The second kappa shape index (κ2) is 9.06. The summed E-state index contributed by atoms with van der Waals surface area (Å²) in [6.07, 6.45) is 1.55. The first-order valence-electron chi connectivity index (χ1n) is 11.4. The van der Waals surface area contributed by atoms with Gasteiger partial charge in [0.05, 0.1) is 29.8 Å². The maximum atomic E-state index is 13.7. The molecule has 0 N–H and O–H groups in total. The van der Waals surface area contributed by atoms with Gasteiger partial charge in [-0.2, -0.15) is 0 Å². The highest BCUT2D eigenvalue weighted by atomic mass is 35.5. The van der Waals surface area contributed by atoms with Gasteiger partial charge in [0, 0.05) is 5.02 Å². The molecule has 0 fully saturated rings. The number of hydrogen-bond acceptors (Lipinski definition) is 5. The molecule has 1 amide bonds. The molecule has 0 saturated carbocycles. The molecular formula is C29H20ClNO5. The molecule has 1 unspecified atom stereocenters. The van der Waals surface area contributed by atoms with Gasteiger partial charge in [-0.15, -0.1) is 0 Å². The highest BCUT2D eigenvalue weighted by Gasteiger charge is 2.43. The Hall–Kier alpha value is -4.29. The molecule has 1 atom stereocenters. The van der Waals surface area contributed by atoms with E-state index in [4.69, 9.17) is 25.2 Å². The van der Waals surface area contributed by atoms with Crippen molar-refractivity contribution in [2.75, 3.05) is 0 Å². The van der Waals surface area contributed by atoms with Crippen LogP contribution in [0.1, 0.15) is 39.0 Å². The molecular weight excluding hydrogens is 478 g/mol. The maximum Gasteiger partial charge on any atom is 0.291 e. The topological polar surface area (TPSA) is 72.9 Å². The van der Waals surface area contributed by atoms with Gasteiger partial charge < -0.3 is 18.5 Å². The van der Waals surface area contributed by atoms with Gasteiger partial charge in [-0.1, -0.05) is 54.1 Å².